The summed E-state index contributed by atoms with van der Waals surface area (Å²) in [5, 5.41) is 43.3. The first-order valence-corrected chi connectivity index (χ1v) is 19.7. The van der Waals surface area contributed by atoms with Crippen molar-refractivity contribution in [3.8, 4) is 0 Å². The van der Waals surface area contributed by atoms with Crippen molar-refractivity contribution in [2.75, 3.05) is 6.61 Å². The van der Waals surface area contributed by atoms with Crippen LogP contribution < -0.4 is 5.32 Å². The lowest BCUT2D eigenvalue weighted by molar-refractivity contribution is -0.132. The van der Waals surface area contributed by atoms with Crippen molar-refractivity contribution in [3.63, 3.8) is 0 Å². The Morgan fingerprint density at radius 1 is 0.522 bits per heavy atom. The third kappa shape index (κ3) is 29.0. The number of allylic oxidation sites excluding steroid dienone is 4. The van der Waals surface area contributed by atoms with Crippen molar-refractivity contribution >= 4 is 5.91 Å². The number of unbranched alkanes of at least 4 members (excludes halogenated alkanes) is 22. The van der Waals surface area contributed by atoms with Crippen molar-refractivity contribution < 1.29 is 25.2 Å². The Morgan fingerprint density at radius 2 is 0.913 bits per heavy atom. The van der Waals surface area contributed by atoms with Gasteiger partial charge in [-0.3, -0.25) is 4.79 Å². The molecule has 5 N–H and O–H groups in total. The lowest BCUT2D eigenvalue weighted by Crippen LogP contribution is -2.53. The van der Waals surface area contributed by atoms with Gasteiger partial charge < -0.3 is 25.7 Å². The molecule has 0 aliphatic heterocycles. The Kier molecular flexibility index (Phi) is 34.2. The molecule has 0 fully saturated rings. The molecule has 0 aromatic rings. The summed E-state index contributed by atoms with van der Waals surface area (Å²) >= 11 is 0. The molecule has 46 heavy (non-hydrogen) atoms. The predicted molar refractivity (Wildman–Crippen MR) is 196 cm³/mol. The van der Waals surface area contributed by atoms with Crippen molar-refractivity contribution in [2.24, 2.45) is 0 Å². The molecule has 0 saturated heterocycles. The van der Waals surface area contributed by atoms with Crippen molar-refractivity contribution in [2.45, 2.75) is 218 Å². The quantitative estimate of drug-likeness (QED) is 0.0346. The van der Waals surface area contributed by atoms with Crippen molar-refractivity contribution in [3.05, 3.63) is 24.3 Å². The molecule has 6 heteroatoms. The average Bonchev–Trinajstić information content (AvgIpc) is 3.06. The van der Waals surface area contributed by atoms with Crippen LogP contribution in [0.3, 0.4) is 0 Å². The third-order valence-electron chi connectivity index (χ3n) is 9.14. The zero-order valence-corrected chi connectivity index (χ0v) is 30.3. The van der Waals surface area contributed by atoms with Crippen LogP contribution >= 0.6 is 0 Å². The van der Waals surface area contributed by atoms with Gasteiger partial charge in [0.15, 0.2) is 0 Å². The molecule has 0 heterocycles. The van der Waals surface area contributed by atoms with E-state index in [2.05, 4.69) is 43.5 Å². The molecular weight excluding hydrogens is 574 g/mol. The summed E-state index contributed by atoms with van der Waals surface area (Å²) in [5.41, 5.74) is 0. The maximum absolute atomic E-state index is 12.4. The first-order valence-electron chi connectivity index (χ1n) is 19.7. The largest absolute Gasteiger partial charge is 0.394 e. The Morgan fingerprint density at radius 3 is 1.37 bits per heavy atom. The van der Waals surface area contributed by atoms with Gasteiger partial charge in [0, 0.05) is 0 Å². The molecule has 0 aliphatic rings. The summed E-state index contributed by atoms with van der Waals surface area (Å²) in [4.78, 5) is 12.4. The van der Waals surface area contributed by atoms with Gasteiger partial charge >= 0.3 is 0 Å². The lowest BCUT2D eigenvalue weighted by Gasteiger charge is -2.27. The monoisotopic (exact) mass is 652 g/mol. The summed E-state index contributed by atoms with van der Waals surface area (Å²) in [6.45, 7) is 3.98. The Hall–Kier alpha value is -1.21. The number of hydrogen-bond acceptors (Lipinski definition) is 5. The highest BCUT2D eigenvalue weighted by Gasteiger charge is 2.28. The minimum atomic E-state index is -1.28. The third-order valence-corrected chi connectivity index (χ3v) is 9.14. The molecule has 0 radical (unpaired) electrons. The number of amides is 1. The highest BCUT2D eigenvalue weighted by molar-refractivity contribution is 5.80. The molecule has 0 bridgehead atoms. The highest BCUT2D eigenvalue weighted by Crippen LogP contribution is 2.14. The Balaban J connectivity index is 3.78. The van der Waals surface area contributed by atoms with Gasteiger partial charge in [0.05, 0.1) is 18.8 Å². The van der Waals surface area contributed by atoms with Gasteiger partial charge in [-0.2, -0.15) is 0 Å². The average molecular weight is 652 g/mol. The SMILES string of the molecule is CCCCCCCCCCCCCCC/C=C/CC/C=C/CCCC(O)C(O)C(CO)NC(=O)C(O)CCCCCCCCCC. The van der Waals surface area contributed by atoms with Crippen molar-refractivity contribution in [1.29, 1.82) is 0 Å². The van der Waals surface area contributed by atoms with E-state index in [1.807, 2.05) is 0 Å². The molecule has 6 nitrogen and oxygen atoms in total. The molecule has 4 unspecified atom stereocenters. The minimum Gasteiger partial charge on any atom is -0.394 e. The van der Waals surface area contributed by atoms with Gasteiger partial charge in [-0.05, 0) is 51.4 Å². The summed E-state index contributed by atoms with van der Waals surface area (Å²) < 4.78 is 0. The first kappa shape index (κ1) is 44.8. The van der Waals surface area contributed by atoms with Crippen LogP contribution in [-0.4, -0.2) is 57.3 Å². The highest BCUT2D eigenvalue weighted by atomic mass is 16.3. The molecule has 0 rings (SSSR count). The van der Waals surface area contributed by atoms with Crippen molar-refractivity contribution in [1.82, 2.24) is 5.32 Å². The van der Waals surface area contributed by atoms with Crippen LogP contribution in [0.5, 0.6) is 0 Å². The number of rotatable bonds is 35. The summed E-state index contributed by atoms with van der Waals surface area (Å²) in [5.74, 6) is -0.602. The molecule has 4 atom stereocenters. The van der Waals surface area contributed by atoms with Gasteiger partial charge in [-0.1, -0.05) is 167 Å². The molecule has 0 spiro atoms. The topological polar surface area (TPSA) is 110 Å². The van der Waals surface area contributed by atoms with Crippen LogP contribution in [0.4, 0.5) is 0 Å². The molecule has 272 valence electrons. The fourth-order valence-corrected chi connectivity index (χ4v) is 5.95. The van der Waals surface area contributed by atoms with E-state index in [9.17, 15) is 25.2 Å². The summed E-state index contributed by atoms with van der Waals surface area (Å²) in [6.07, 6.45) is 38.0. The van der Waals surface area contributed by atoms with Gasteiger partial charge in [0.1, 0.15) is 12.2 Å². The number of aliphatic hydroxyl groups is 4. The number of carbonyl (C=O) groups excluding carboxylic acids is 1. The van der Waals surface area contributed by atoms with Crippen LogP contribution in [0.15, 0.2) is 24.3 Å². The lowest BCUT2D eigenvalue weighted by atomic mass is 10.00. The zero-order chi connectivity index (χ0) is 33.9. The van der Waals surface area contributed by atoms with E-state index >= 15 is 0 Å². The van der Waals surface area contributed by atoms with E-state index in [1.165, 1.54) is 122 Å². The fraction of sp³-hybridized carbons (Fsp3) is 0.875. The summed E-state index contributed by atoms with van der Waals surface area (Å²) in [7, 11) is 0. The first-order chi connectivity index (χ1) is 22.5. The van der Waals surface area contributed by atoms with Crippen LogP contribution in [0, 0.1) is 0 Å². The predicted octanol–water partition coefficient (Wildman–Crippen LogP) is 9.62. The zero-order valence-electron chi connectivity index (χ0n) is 30.3. The summed E-state index contributed by atoms with van der Waals surface area (Å²) in [6, 6.07) is -1.00. The molecule has 0 aromatic heterocycles. The fourth-order valence-electron chi connectivity index (χ4n) is 5.95. The maximum atomic E-state index is 12.4. The van der Waals surface area contributed by atoms with E-state index in [4.69, 9.17) is 0 Å². The van der Waals surface area contributed by atoms with Crippen LogP contribution in [-0.2, 0) is 4.79 Å². The number of nitrogens with one attached hydrogen (secondary N) is 1. The molecule has 0 aromatic carbocycles. The molecular formula is C40H77NO5. The number of carbonyl (C=O) groups is 1. The second-order valence-corrected chi connectivity index (χ2v) is 13.6. The number of hydrogen-bond donors (Lipinski definition) is 5. The second-order valence-electron chi connectivity index (χ2n) is 13.6. The van der Waals surface area contributed by atoms with E-state index < -0.39 is 36.9 Å². The molecule has 1 amide bonds. The van der Waals surface area contributed by atoms with Gasteiger partial charge in [-0.15, -0.1) is 0 Å². The van der Waals surface area contributed by atoms with Crippen LogP contribution in [0.25, 0.3) is 0 Å². The van der Waals surface area contributed by atoms with E-state index in [0.717, 1.165) is 38.5 Å². The van der Waals surface area contributed by atoms with Crippen LogP contribution in [0.2, 0.25) is 0 Å². The van der Waals surface area contributed by atoms with Gasteiger partial charge in [0.2, 0.25) is 5.91 Å². The normalized spacial score (nSPS) is 14.7. The van der Waals surface area contributed by atoms with Gasteiger partial charge in [-0.25, -0.2) is 0 Å². The van der Waals surface area contributed by atoms with Crippen LogP contribution in [0.1, 0.15) is 194 Å². The Labute approximate surface area is 284 Å². The molecule has 0 saturated carbocycles. The Bertz CT molecular complexity index is 697. The van der Waals surface area contributed by atoms with E-state index in [0.29, 0.717) is 19.3 Å². The minimum absolute atomic E-state index is 0.360. The maximum Gasteiger partial charge on any atom is 0.249 e. The second kappa shape index (κ2) is 35.1. The smallest absolute Gasteiger partial charge is 0.249 e. The van der Waals surface area contributed by atoms with E-state index in [-0.39, 0.29) is 0 Å². The molecule has 0 aliphatic carbocycles. The van der Waals surface area contributed by atoms with E-state index in [1.54, 1.807) is 0 Å². The standard InChI is InChI=1S/C40H77NO5/c1-3-5-7-9-11-13-14-15-16-17-18-19-20-21-22-23-24-25-26-28-29-31-33-37(43)39(45)36(35-42)41-40(46)38(44)34-32-30-27-12-10-8-6-4-2/h22-23,26,28,36-39,42-45H,3-21,24-25,27,29-35H2,1-2H3,(H,41,46)/b23-22+,28-26+. The van der Waals surface area contributed by atoms with Gasteiger partial charge in [0.25, 0.3) is 0 Å². The number of aliphatic hydroxyl groups excluding tert-OH is 4.